The molecule has 1 spiro atoms. The van der Waals surface area contributed by atoms with Gasteiger partial charge in [0.1, 0.15) is 6.07 Å². The van der Waals surface area contributed by atoms with Crippen LogP contribution in [0.4, 0.5) is 5.69 Å². The van der Waals surface area contributed by atoms with Gasteiger partial charge in [-0.2, -0.15) is 5.26 Å². The lowest BCUT2D eigenvalue weighted by Crippen LogP contribution is -2.58. The van der Waals surface area contributed by atoms with Gasteiger partial charge in [0.15, 0.2) is 0 Å². The first-order valence-electron chi connectivity index (χ1n) is 6.15. The van der Waals surface area contributed by atoms with E-state index in [0.29, 0.717) is 5.41 Å². The number of nitriles is 1. The molecular formula is C14H16N2O. The maximum Gasteiger partial charge on any atom is 0.101 e. The fraction of sp³-hybridized carbons (Fsp3) is 0.500. The van der Waals surface area contributed by atoms with Gasteiger partial charge in [0.05, 0.1) is 11.3 Å². The summed E-state index contributed by atoms with van der Waals surface area (Å²) < 4.78 is 5.42. The van der Waals surface area contributed by atoms with Crippen molar-refractivity contribution < 1.29 is 4.74 Å². The normalized spacial score (nSPS) is 21.9. The average molecular weight is 228 g/mol. The van der Waals surface area contributed by atoms with E-state index in [1.54, 1.807) is 0 Å². The van der Waals surface area contributed by atoms with Gasteiger partial charge in [-0.25, -0.2) is 0 Å². The van der Waals surface area contributed by atoms with Crippen LogP contribution in [0.25, 0.3) is 0 Å². The molecule has 88 valence electrons. The highest BCUT2D eigenvalue weighted by atomic mass is 16.5. The summed E-state index contributed by atoms with van der Waals surface area (Å²) in [6, 6.07) is 10.1. The minimum atomic E-state index is 0.459. The van der Waals surface area contributed by atoms with Crippen LogP contribution < -0.4 is 4.90 Å². The molecule has 0 amide bonds. The molecule has 0 aromatic heterocycles. The van der Waals surface area contributed by atoms with E-state index in [1.165, 1.54) is 0 Å². The summed E-state index contributed by atoms with van der Waals surface area (Å²) in [6.45, 7) is 3.95. The smallest absolute Gasteiger partial charge is 0.101 e. The highest BCUT2D eigenvalue weighted by Gasteiger charge is 2.44. The topological polar surface area (TPSA) is 36.3 Å². The van der Waals surface area contributed by atoms with Gasteiger partial charge in [-0.15, -0.1) is 0 Å². The first-order chi connectivity index (χ1) is 8.33. The van der Waals surface area contributed by atoms with E-state index < -0.39 is 0 Å². The van der Waals surface area contributed by atoms with Gasteiger partial charge in [-0.3, -0.25) is 0 Å². The van der Waals surface area contributed by atoms with Crippen molar-refractivity contribution in [3.63, 3.8) is 0 Å². The second kappa shape index (κ2) is 4.05. The highest BCUT2D eigenvalue weighted by Crippen LogP contribution is 2.42. The Kier molecular flexibility index (Phi) is 2.53. The zero-order valence-corrected chi connectivity index (χ0v) is 9.85. The van der Waals surface area contributed by atoms with E-state index in [4.69, 9.17) is 10.00 Å². The summed E-state index contributed by atoms with van der Waals surface area (Å²) in [5.41, 5.74) is 2.34. The molecular weight excluding hydrogens is 212 g/mol. The van der Waals surface area contributed by atoms with Crippen molar-refractivity contribution in [3.05, 3.63) is 29.8 Å². The highest BCUT2D eigenvalue weighted by molar-refractivity contribution is 5.61. The monoisotopic (exact) mass is 228 g/mol. The van der Waals surface area contributed by atoms with Crippen LogP contribution in [0.2, 0.25) is 0 Å². The lowest BCUT2D eigenvalue weighted by atomic mass is 9.73. The third-order valence-corrected chi connectivity index (χ3v) is 3.97. The molecule has 2 fully saturated rings. The fourth-order valence-corrected chi connectivity index (χ4v) is 2.90. The summed E-state index contributed by atoms with van der Waals surface area (Å²) in [4.78, 5) is 2.32. The molecule has 1 aromatic rings. The quantitative estimate of drug-likeness (QED) is 0.739. The summed E-state index contributed by atoms with van der Waals surface area (Å²) >= 11 is 0. The number of hydrogen-bond acceptors (Lipinski definition) is 3. The molecule has 1 aromatic carbocycles. The van der Waals surface area contributed by atoms with E-state index >= 15 is 0 Å². The van der Waals surface area contributed by atoms with Crippen molar-refractivity contribution in [2.75, 3.05) is 31.2 Å². The van der Waals surface area contributed by atoms with Crippen LogP contribution in [0, 0.1) is 16.7 Å². The van der Waals surface area contributed by atoms with Crippen LogP contribution in [-0.4, -0.2) is 26.3 Å². The van der Waals surface area contributed by atoms with Gasteiger partial charge < -0.3 is 9.64 Å². The van der Waals surface area contributed by atoms with Gasteiger partial charge >= 0.3 is 0 Å². The molecule has 2 heterocycles. The Morgan fingerprint density at radius 1 is 1.18 bits per heavy atom. The van der Waals surface area contributed by atoms with Crippen molar-refractivity contribution in [2.45, 2.75) is 12.8 Å². The molecule has 3 heteroatoms. The average Bonchev–Trinajstić information content (AvgIpc) is 2.37. The Bertz CT molecular complexity index is 450. The second-order valence-corrected chi connectivity index (χ2v) is 5.10. The van der Waals surface area contributed by atoms with Crippen molar-refractivity contribution >= 4 is 5.69 Å². The Labute approximate surface area is 102 Å². The van der Waals surface area contributed by atoms with E-state index in [0.717, 1.165) is 50.4 Å². The zero-order chi connectivity index (χ0) is 11.7. The number of nitrogens with zero attached hydrogens (tertiary/aromatic N) is 2. The Hall–Kier alpha value is -1.53. The van der Waals surface area contributed by atoms with Gasteiger partial charge in [0.25, 0.3) is 0 Å². The first kappa shape index (κ1) is 10.6. The van der Waals surface area contributed by atoms with Gasteiger partial charge in [0.2, 0.25) is 0 Å². The summed E-state index contributed by atoms with van der Waals surface area (Å²) in [5, 5.41) is 9.09. The molecule has 0 N–H and O–H groups in total. The lowest BCUT2D eigenvalue weighted by molar-refractivity contribution is -0.000204. The van der Waals surface area contributed by atoms with Gasteiger partial charge in [-0.1, -0.05) is 12.1 Å². The van der Waals surface area contributed by atoms with Crippen molar-refractivity contribution in [3.8, 4) is 6.07 Å². The Morgan fingerprint density at radius 2 is 1.88 bits per heavy atom. The maximum absolute atomic E-state index is 9.09. The summed E-state index contributed by atoms with van der Waals surface area (Å²) in [7, 11) is 0. The minimum absolute atomic E-state index is 0.459. The first-order valence-corrected chi connectivity index (χ1v) is 6.15. The summed E-state index contributed by atoms with van der Waals surface area (Å²) in [6.07, 6.45) is 2.33. The van der Waals surface area contributed by atoms with Gasteiger partial charge in [-0.05, 0) is 25.0 Å². The van der Waals surface area contributed by atoms with Gasteiger partial charge in [0, 0.05) is 31.7 Å². The third kappa shape index (κ3) is 1.79. The van der Waals surface area contributed by atoms with Crippen LogP contribution in [-0.2, 0) is 4.74 Å². The fourth-order valence-electron chi connectivity index (χ4n) is 2.90. The van der Waals surface area contributed by atoms with Crippen molar-refractivity contribution in [1.29, 1.82) is 5.26 Å². The minimum Gasteiger partial charge on any atom is -0.381 e. The largest absolute Gasteiger partial charge is 0.381 e. The molecule has 0 radical (unpaired) electrons. The molecule has 0 unspecified atom stereocenters. The Balaban J connectivity index is 1.74. The van der Waals surface area contributed by atoms with Crippen LogP contribution in [0.5, 0.6) is 0 Å². The van der Waals surface area contributed by atoms with Crippen LogP contribution in [0.3, 0.4) is 0 Å². The molecule has 2 aliphatic heterocycles. The molecule has 0 bridgehead atoms. The number of ether oxygens (including phenoxy) is 1. The van der Waals surface area contributed by atoms with E-state index in [-0.39, 0.29) is 0 Å². The SMILES string of the molecule is N#Cc1ccccc1N1CC2(CCOCC2)C1. The maximum atomic E-state index is 9.09. The van der Waals surface area contributed by atoms with Crippen LogP contribution in [0.15, 0.2) is 24.3 Å². The lowest BCUT2D eigenvalue weighted by Gasteiger charge is -2.53. The zero-order valence-electron chi connectivity index (χ0n) is 9.85. The summed E-state index contributed by atoms with van der Waals surface area (Å²) in [5.74, 6) is 0. The molecule has 2 saturated heterocycles. The molecule has 3 rings (SSSR count). The molecule has 0 aliphatic carbocycles. The van der Waals surface area contributed by atoms with E-state index in [9.17, 15) is 0 Å². The molecule has 0 saturated carbocycles. The number of benzene rings is 1. The molecule has 17 heavy (non-hydrogen) atoms. The van der Waals surface area contributed by atoms with Crippen molar-refractivity contribution in [2.24, 2.45) is 5.41 Å². The molecule has 0 atom stereocenters. The molecule has 3 nitrogen and oxygen atoms in total. The standard InChI is InChI=1S/C14H16N2O/c15-9-12-3-1-2-4-13(12)16-10-14(11-16)5-7-17-8-6-14/h1-4H,5-8,10-11H2. The molecule has 2 aliphatic rings. The van der Waals surface area contributed by atoms with Crippen LogP contribution in [0.1, 0.15) is 18.4 Å². The van der Waals surface area contributed by atoms with Crippen LogP contribution >= 0.6 is 0 Å². The number of rotatable bonds is 1. The predicted octanol–water partition coefficient (Wildman–Crippen LogP) is 2.18. The Morgan fingerprint density at radius 3 is 2.59 bits per heavy atom. The second-order valence-electron chi connectivity index (χ2n) is 5.10. The van der Waals surface area contributed by atoms with Crippen molar-refractivity contribution in [1.82, 2.24) is 0 Å². The number of anilines is 1. The van der Waals surface area contributed by atoms with E-state index in [2.05, 4.69) is 11.0 Å². The number of hydrogen-bond donors (Lipinski definition) is 0. The predicted molar refractivity (Wildman–Crippen MR) is 65.9 cm³/mol. The third-order valence-electron chi connectivity index (χ3n) is 3.97. The number of para-hydroxylation sites is 1. The van der Waals surface area contributed by atoms with E-state index in [1.807, 2.05) is 24.3 Å².